The molecule has 0 aliphatic carbocycles. The van der Waals surface area contributed by atoms with E-state index in [0.717, 1.165) is 5.56 Å². The van der Waals surface area contributed by atoms with Crippen LogP contribution in [0.2, 0.25) is 0 Å². The molecular weight excluding hydrogens is 256 g/mol. The number of carbonyl (C=O) groups excluding carboxylic acids is 1. The lowest BCUT2D eigenvalue weighted by Gasteiger charge is -2.11. The van der Waals surface area contributed by atoms with Crippen LogP contribution in [-0.4, -0.2) is 22.1 Å². The second kappa shape index (κ2) is 6.29. The highest BCUT2D eigenvalue weighted by atomic mass is 16.5. The van der Waals surface area contributed by atoms with Gasteiger partial charge in [-0.15, -0.1) is 0 Å². The SMILES string of the molecule is CC(NC(=O)[C@H](C)N)c1noc(Cc2ccccc2)n1. The van der Waals surface area contributed by atoms with E-state index in [1.54, 1.807) is 13.8 Å². The molecule has 0 aliphatic rings. The van der Waals surface area contributed by atoms with Gasteiger partial charge in [-0.3, -0.25) is 4.79 Å². The molecule has 0 spiro atoms. The van der Waals surface area contributed by atoms with Crippen LogP contribution in [0.1, 0.15) is 37.2 Å². The van der Waals surface area contributed by atoms with Gasteiger partial charge in [0.05, 0.1) is 18.5 Å². The number of nitrogens with one attached hydrogen (secondary N) is 1. The minimum Gasteiger partial charge on any atom is -0.345 e. The lowest BCUT2D eigenvalue weighted by Crippen LogP contribution is -2.39. The van der Waals surface area contributed by atoms with E-state index in [-0.39, 0.29) is 11.9 Å². The van der Waals surface area contributed by atoms with E-state index in [2.05, 4.69) is 15.5 Å². The first-order valence-corrected chi connectivity index (χ1v) is 6.48. The van der Waals surface area contributed by atoms with Gasteiger partial charge in [0.1, 0.15) is 0 Å². The van der Waals surface area contributed by atoms with Crippen LogP contribution in [0.5, 0.6) is 0 Å². The third-order valence-corrected chi connectivity index (χ3v) is 2.84. The molecule has 1 heterocycles. The maximum Gasteiger partial charge on any atom is 0.237 e. The molecule has 3 N–H and O–H groups in total. The lowest BCUT2D eigenvalue weighted by molar-refractivity contribution is -0.122. The highest BCUT2D eigenvalue weighted by Gasteiger charge is 2.17. The Bertz CT molecular complexity index is 566. The monoisotopic (exact) mass is 274 g/mol. The number of nitrogens with two attached hydrogens (primary N) is 1. The number of nitrogens with zero attached hydrogens (tertiary/aromatic N) is 2. The number of amides is 1. The van der Waals surface area contributed by atoms with Crippen molar-refractivity contribution < 1.29 is 9.32 Å². The van der Waals surface area contributed by atoms with Crippen molar-refractivity contribution in [3.05, 3.63) is 47.6 Å². The van der Waals surface area contributed by atoms with Crippen LogP contribution >= 0.6 is 0 Å². The number of carbonyl (C=O) groups is 1. The molecule has 0 aliphatic heterocycles. The fourth-order valence-electron chi connectivity index (χ4n) is 1.70. The predicted octanol–water partition coefficient (Wildman–Crippen LogP) is 1.18. The van der Waals surface area contributed by atoms with E-state index in [1.165, 1.54) is 0 Å². The van der Waals surface area contributed by atoms with Gasteiger partial charge in [-0.1, -0.05) is 35.5 Å². The Balaban J connectivity index is 2.00. The average Bonchev–Trinajstić information content (AvgIpc) is 2.88. The summed E-state index contributed by atoms with van der Waals surface area (Å²) in [7, 11) is 0. The summed E-state index contributed by atoms with van der Waals surface area (Å²) in [5.74, 6) is 0.727. The molecule has 0 fully saturated rings. The molecule has 6 heteroatoms. The highest BCUT2D eigenvalue weighted by Crippen LogP contribution is 2.11. The number of aromatic nitrogens is 2. The quantitative estimate of drug-likeness (QED) is 0.854. The molecule has 1 aromatic heterocycles. The summed E-state index contributed by atoms with van der Waals surface area (Å²) in [6.45, 7) is 3.41. The standard InChI is InChI=1S/C14H18N4O2/c1-9(15)14(19)16-10(2)13-17-12(20-18-13)8-11-6-4-3-5-7-11/h3-7,9-10H,8,15H2,1-2H3,(H,16,19)/t9-,10?/m0/s1. The largest absolute Gasteiger partial charge is 0.345 e. The summed E-state index contributed by atoms with van der Waals surface area (Å²) in [5.41, 5.74) is 6.59. The average molecular weight is 274 g/mol. The zero-order valence-electron chi connectivity index (χ0n) is 11.5. The van der Waals surface area contributed by atoms with Gasteiger partial charge >= 0.3 is 0 Å². The molecule has 1 unspecified atom stereocenters. The summed E-state index contributed by atoms with van der Waals surface area (Å²) in [5, 5.41) is 6.61. The van der Waals surface area contributed by atoms with Gasteiger partial charge in [-0.2, -0.15) is 4.98 Å². The van der Waals surface area contributed by atoms with E-state index in [9.17, 15) is 4.79 Å². The molecule has 6 nitrogen and oxygen atoms in total. The minimum atomic E-state index is -0.562. The molecule has 0 radical (unpaired) electrons. The fourth-order valence-corrected chi connectivity index (χ4v) is 1.70. The van der Waals surface area contributed by atoms with Crippen molar-refractivity contribution in [2.45, 2.75) is 32.4 Å². The minimum absolute atomic E-state index is 0.244. The maximum absolute atomic E-state index is 11.5. The summed E-state index contributed by atoms with van der Waals surface area (Å²) in [6, 6.07) is 8.95. The van der Waals surface area contributed by atoms with Gasteiger partial charge in [0, 0.05) is 0 Å². The molecule has 2 atom stereocenters. The van der Waals surface area contributed by atoms with Gasteiger partial charge < -0.3 is 15.6 Å². The number of hydrogen-bond acceptors (Lipinski definition) is 5. The van der Waals surface area contributed by atoms with Gasteiger partial charge in [0.2, 0.25) is 11.8 Å². The summed E-state index contributed by atoms with van der Waals surface area (Å²) in [4.78, 5) is 15.8. The molecule has 1 aromatic carbocycles. The van der Waals surface area contributed by atoms with Crippen molar-refractivity contribution in [1.82, 2.24) is 15.5 Å². The lowest BCUT2D eigenvalue weighted by atomic mass is 10.1. The first-order valence-electron chi connectivity index (χ1n) is 6.48. The Morgan fingerprint density at radius 3 is 2.70 bits per heavy atom. The first-order chi connectivity index (χ1) is 9.56. The van der Waals surface area contributed by atoms with Crippen molar-refractivity contribution in [2.24, 2.45) is 5.73 Å². The Hall–Kier alpha value is -2.21. The molecule has 0 bridgehead atoms. The molecular formula is C14H18N4O2. The number of hydrogen-bond donors (Lipinski definition) is 2. The van der Waals surface area contributed by atoms with E-state index in [0.29, 0.717) is 18.1 Å². The molecule has 20 heavy (non-hydrogen) atoms. The fraction of sp³-hybridized carbons (Fsp3) is 0.357. The van der Waals surface area contributed by atoms with E-state index < -0.39 is 6.04 Å². The maximum atomic E-state index is 11.5. The van der Waals surface area contributed by atoms with Crippen LogP contribution in [0.25, 0.3) is 0 Å². The van der Waals surface area contributed by atoms with Gasteiger partial charge in [0.15, 0.2) is 5.82 Å². The van der Waals surface area contributed by atoms with E-state index in [4.69, 9.17) is 10.3 Å². The van der Waals surface area contributed by atoms with Crippen LogP contribution in [-0.2, 0) is 11.2 Å². The normalized spacial score (nSPS) is 13.8. The highest BCUT2D eigenvalue weighted by molar-refractivity contribution is 5.81. The Morgan fingerprint density at radius 2 is 2.05 bits per heavy atom. The van der Waals surface area contributed by atoms with Crippen LogP contribution in [0, 0.1) is 0 Å². The van der Waals surface area contributed by atoms with Crippen molar-refractivity contribution in [3.63, 3.8) is 0 Å². The number of rotatable bonds is 5. The molecule has 2 aromatic rings. The number of benzene rings is 1. The Morgan fingerprint density at radius 1 is 1.35 bits per heavy atom. The zero-order chi connectivity index (χ0) is 14.5. The second-order valence-corrected chi connectivity index (χ2v) is 4.73. The van der Waals surface area contributed by atoms with Crippen LogP contribution in [0.3, 0.4) is 0 Å². The summed E-state index contributed by atoms with van der Waals surface area (Å²) >= 11 is 0. The second-order valence-electron chi connectivity index (χ2n) is 4.73. The summed E-state index contributed by atoms with van der Waals surface area (Å²) in [6.07, 6.45) is 0.571. The van der Waals surface area contributed by atoms with Crippen LogP contribution in [0.15, 0.2) is 34.9 Å². The third-order valence-electron chi connectivity index (χ3n) is 2.84. The van der Waals surface area contributed by atoms with Crippen molar-refractivity contribution in [3.8, 4) is 0 Å². The molecule has 2 rings (SSSR count). The first kappa shape index (κ1) is 14.2. The zero-order valence-corrected chi connectivity index (χ0v) is 11.5. The Kier molecular flexibility index (Phi) is 4.47. The molecule has 0 saturated carbocycles. The van der Waals surface area contributed by atoms with Crippen molar-refractivity contribution in [2.75, 3.05) is 0 Å². The topological polar surface area (TPSA) is 94.0 Å². The van der Waals surface area contributed by atoms with Crippen LogP contribution < -0.4 is 11.1 Å². The molecule has 106 valence electrons. The van der Waals surface area contributed by atoms with E-state index in [1.807, 2.05) is 30.3 Å². The summed E-state index contributed by atoms with van der Waals surface area (Å²) < 4.78 is 5.19. The van der Waals surface area contributed by atoms with Crippen LogP contribution in [0.4, 0.5) is 0 Å². The van der Waals surface area contributed by atoms with Gasteiger partial charge in [-0.05, 0) is 19.4 Å². The third kappa shape index (κ3) is 3.64. The smallest absolute Gasteiger partial charge is 0.237 e. The predicted molar refractivity (Wildman–Crippen MR) is 73.8 cm³/mol. The Labute approximate surface area is 117 Å². The van der Waals surface area contributed by atoms with E-state index >= 15 is 0 Å². The van der Waals surface area contributed by atoms with Crippen molar-refractivity contribution >= 4 is 5.91 Å². The van der Waals surface area contributed by atoms with Gasteiger partial charge in [0.25, 0.3) is 0 Å². The van der Waals surface area contributed by atoms with Gasteiger partial charge in [-0.25, -0.2) is 0 Å². The van der Waals surface area contributed by atoms with Crippen molar-refractivity contribution in [1.29, 1.82) is 0 Å². The molecule has 1 amide bonds. The molecule has 0 saturated heterocycles.